The molecule has 0 aliphatic heterocycles. The monoisotopic (exact) mass is 323 g/mol. The summed E-state index contributed by atoms with van der Waals surface area (Å²) < 4.78 is 15.2. The van der Waals surface area contributed by atoms with E-state index in [0.29, 0.717) is 5.92 Å². The van der Waals surface area contributed by atoms with Crippen molar-refractivity contribution in [1.29, 1.82) is 0 Å². The molecule has 1 aliphatic rings. The van der Waals surface area contributed by atoms with E-state index in [-0.39, 0.29) is 5.82 Å². The Bertz CT molecular complexity index is 838. The predicted molar refractivity (Wildman–Crippen MR) is 90.4 cm³/mol. The van der Waals surface area contributed by atoms with Crippen molar-refractivity contribution < 1.29 is 4.39 Å². The second-order valence-electron chi connectivity index (χ2n) is 6.17. The van der Waals surface area contributed by atoms with E-state index in [1.807, 2.05) is 17.7 Å². The molecule has 1 N–H and O–H groups in total. The Morgan fingerprint density at radius 1 is 1.21 bits per heavy atom. The van der Waals surface area contributed by atoms with E-state index in [9.17, 15) is 4.39 Å². The number of rotatable bonds is 5. The molecule has 1 aliphatic carbocycles. The molecule has 24 heavy (non-hydrogen) atoms. The molecular weight excluding hydrogens is 305 g/mol. The SMILES string of the molecule is Cc1c(-c2ccc(F)cc2)nn(CC2CC2)c1Nc1ccncn1. The van der Waals surface area contributed by atoms with Gasteiger partial charge in [-0.3, -0.25) is 0 Å². The molecule has 3 aromatic rings. The van der Waals surface area contributed by atoms with E-state index in [1.165, 1.54) is 31.3 Å². The van der Waals surface area contributed by atoms with Crippen molar-refractivity contribution in [3.05, 3.63) is 54.2 Å². The van der Waals surface area contributed by atoms with Crippen LogP contribution >= 0.6 is 0 Å². The molecular formula is C18H18FN5. The Hall–Kier alpha value is -2.76. The van der Waals surface area contributed by atoms with Crippen LogP contribution in [-0.2, 0) is 6.54 Å². The predicted octanol–water partition coefficient (Wildman–Crippen LogP) is 3.94. The minimum atomic E-state index is -0.242. The summed E-state index contributed by atoms with van der Waals surface area (Å²) in [5, 5.41) is 8.13. The summed E-state index contributed by atoms with van der Waals surface area (Å²) >= 11 is 0. The molecule has 0 unspecified atom stereocenters. The van der Waals surface area contributed by atoms with E-state index >= 15 is 0 Å². The summed E-state index contributed by atoms with van der Waals surface area (Å²) in [6, 6.07) is 8.28. The Balaban J connectivity index is 1.74. The van der Waals surface area contributed by atoms with Gasteiger partial charge in [0, 0.05) is 23.9 Å². The van der Waals surface area contributed by atoms with Crippen LogP contribution in [0.25, 0.3) is 11.3 Å². The number of hydrogen-bond donors (Lipinski definition) is 1. The molecule has 0 spiro atoms. The van der Waals surface area contributed by atoms with Crippen LogP contribution in [0.1, 0.15) is 18.4 Å². The fraction of sp³-hybridized carbons (Fsp3) is 0.278. The molecule has 1 aromatic carbocycles. The highest BCUT2D eigenvalue weighted by molar-refractivity contribution is 5.71. The highest BCUT2D eigenvalue weighted by atomic mass is 19.1. The normalized spacial score (nSPS) is 13.9. The van der Waals surface area contributed by atoms with Crippen molar-refractivity contribution in [2.24, 2.45) is 5.92 Å². The summed E-state index contributed by atoms with van der Waals surface area (Å²) in [6.07, 6.45) is 5.71. The largest absolute Gasteiger partial charge is 0.325 e. The van der Waals surface area contributed by atoms with Gasteiger partial charge in [0.25, 0.3) is 0 Å². The third-order valence-corrected chi connectivity index (χ3v) is 4.26. The summed E-state index contributed by atoms with van der Waals surface area (Å²) in [7, 11) is 0. The van der Waals surface area contributed by atoms with Crippen molar-refractivity contribution >= 4 is 11.6 Å². The smallest absolute Gasteiger partial charge is 0.134 e. The lowest BCUT2D eigenvalue weighted by Crippen LogP contribution is -2.07. The Morgan fingerprint density at radius 3 is 2.67 bits per heavy atom. The number of aromatic nitrogens is 4. The molecule has 2 aromatic heterocycles. The lowest BCUT2D eigenvalue weighted by molar-refractivity contribution is 0.571. The summed E-state index contributed by atoms with van der Waals surface area (Å²) in [5.41, 5.74) is 2.81. The zero-order valence-corrected chi connectivity index (χ0v) is 13.4. The molecule has 0 radical (unpaired) electrons. The number of anilines is 2. The summed E-state index contributed by atoms with van der Waals surface area (Å²) in [5.74, 6) is 2.11. The van der Waals surface area contributed by atoms with Gasteiger partial charge < -0.3 is 5.32 Å². The van der Waals surface area contributed by atoms with Gasteiger partial charge in [-0.05, 0) is 56.0 Å². The second-order valence-corrected chi connectivity index (χ2v) is 6.17. The number of nitrogens with zero attached hydrogens (tertiary/aromatic N) is 4. The zero-order chi connectivity index (χ0) is 16.5. The standard InChI is InChI=1S/C18H18FN5/c1-12-17(14-4-6-15(19)7-5-14)23-24(10-13-2-3-13)18(12)22-16-8-9-20-11-21-16/h4-9,11,13H,2-3,10H2,1H3,(H,20,21,22). The van der Waals surface area contributed by atoms with Gasteiger partial charge in [0.15, 0.2) is 0 Å². The Kier molecular flexibility index (Phi) is 3.72. The van der Waals surface area contributed by atoms with Crippen LogP contribution in [0.5, 0.6) is 0 Å². The third kappa shape index (κ3) is 2.99. The lowest BCUT2D eigenvalue weighted by Gasteiger charge is -2.09. The van der Waals surface area contributed by atoms with Crippen molar-refractivity contribution in [3.63, 3.8) is 0 Å². The average molecular weight is 323 g/mol. The van der Waals surface area contributed by atoms with Crippen molar-refractivity contribution in [1.82, 2.24) is 19.7 Å². The Labute approximate surface area is 139 Å². The maximum atomic E-state index is 13.2. The van der Waals surface area contributed by atoms with Gasteiger partial charge in [-0.25, -0.2) is 19.0 Å². The fourth-order valence-corrected chi connectivity index (χ4v) is 2.75. The Morgan fingerprint density at radius 2 is 2.00 bits per heavy atom. The van der Waals surface area contributed by atoms with E-state index < -0.39 is 0 Å². The molecule has 0 amide bonds. The second kappa shape index (κ2) is 6.03. The molecule has 1 saturated carbocycles. The average Bonchev–Trinajstić information content (AvgIpc) is 3.37. The van der Waals surface area contributed by atoms with Gasteiger partial charge in [0.2, 0.25) is 0 Å². The lowest BCUT2D eigenvalue weighted by atomic mass is 10.1. The molecule has 0 atom stereocenters. The molecule has 2 heterocycles. The van der Waals surface area contributed by atoms with Crippen LogP contribution in [0.2, 0.25) is 0 Å². The van der Waals surface area contributed by atoms with Crippen molar-refractivity contribution in [3.8, 4) is 11.3 Å². The van der Waals surface area contributed by atoms with Crippen LogP contribution in [0.4, 0.5) is 16.0 Å². The molecule has 0 saturated heterocycles. The van der Waals surface area contributed by atoms with Gasteiger partial charge in [-0.15, -0.1) is 0 Å². The van der Waals surface area contributed by atoms with Crippen LogP contribution in [0, 0.1) is 18.7 Å². The van der Waals surface area contributed by atoms with Gasteiger partial charge in [-0.2, -0.15) is 5.10 Å². The first kappa shape index (κ1) is 14.8. The summed E-state index contributed by atoms with van der Waals surface area (Å²) in [6.45, 7) is 2.91. The number of hydrogen-bond acceptors (Lipinski definition) is 4. The van der Waals surface area contributed by atoms with Crippen molar-refractivity contribution in [2.75, 3.05) is 5.32 Å². The zero-order valence-electron chi connectivity index (χ0n) is 13.4. The third-order valence-electron chi connectivity index (χ3n) is 4.26. The van der Waals surface area contributed by atoms with Gasteiger partial charge in [-0.1, -0.05) is 0 Å². The maximum absolute atomic E-state index is 13.2. The quantitative estimate of drug-likeness (QED) is 0.772. The van der Waals surface area contributed by atoms with Crippen LogP contribution in [0.15, 0.2) is 42.9 Å². The maximum Gasteiger partial charge on any atom is 0.134 e. The molecule has 122 valence electrons. The number of halogens is 1. The van der Waals surface area contributed by atoms with E-state index in [4.69, 9.17) is 5.10 Å². The van der Waals surface area contributed by atoms with Crippen molar-refractivity contribution in [2.45, 2.75) is 26.3 Å². The number of benzene rings is 1. The molecule has 1 fully saturated rings. The van der Waals surface area contributed by atoms with Crippen LogP contribution in [-0.4, -0.2) is 19.7 Å². The summed E-state index contributed by atoms with van der Waals surface area (Å²) in [4.78, 5) is 8.17. The van der Waals surface area contributed by atoms with Crippen LogP contribution < -0.4 is 5.32 Å². The molecule has 5 nitrogen and oxygen atoms in total. The van der Waals surface area contributed by atoms with E-state index in [0.717, 1.165) is 35.0 Å². The van der Waals surface area contributed by atoms with Gasteiger partial charge >= 0.3 is 0 Å². The molecule has 0 bridgehead atoms. The van der Waals surface area contributed by atoms with E-state index in [1.54, 1.807) is 18.3 Å². The first-order valence-corrected chi connectivity index (χ1v) is 8.07. The topological polar surface area (TPSA) is 55.6 Å². The highest BCUT2D eigenvalue weighted by Gasteiger charge is 2.25. The van der Waals surface area contributed by atoms with E-state index in [2.05, 4.69) is 15.3 Å². The minimum Gasteiger partial charge on any atom is -0.325 e. The molecule has 6 heteroatoms. The highest BCUT2D eigenvalue weighted by Crippen LogP contribution is 2.35. The van der Waals surface area contributed by atoms with Crippen LogP contribution in [0.3, 0.4) is 0 Å². The fourth-order valence-electron chi connectivity index (χ4n) is 2.75. The first-order chi connectivity index (χ1) is 11.7. The minimum absolute atomic E-state index is 0.242. The molecule has 4 rings (SSSR count). The van der Waals surface area contributed by atoms with Gasteiger partial charge in [0.05, 0.1) is 5.69 Å². The first-order valence-electron chi connectivity index (χ1n) is 8.07. The van der Waals surface area contributed by atoms with Gasteiger partial charge in [0.1, 0.15) is 23.8 Å². The number of nitrogens with one attached hydrogen (secondary N) is 1.